The number of hydrogen-bond donors (Lipinski definition) is 1. The zero-order valence-electron chi connectivity index (χ0n) is 14.9. The number of hydrogen-bond acceptors (Lipinski definition) is 2. The number of aromatic carboxylic acids is 1. The maximum Gasteiger partial charge on any atom is 0.339 e. The summed E-state index contributed by atoms with van der Waals surface area (Å²) in [7, 11) is 0. The monoisotopic (exact) mass is 346 g/mol. The lowest BCUT2D eigenvalue weighted by molar-refractivity contribution is 0.0548. The van der Waals surface area contributed by atoms with Crippen LogP contribution < -0.4 is 4.74 Å². The number of carboxylic acid groups (broad SMARTS) is 1. The Morgan fingerprint density at radius 3 is 2.04 bits per heavy atom. The number of rotatable bonds is 6. The summed E-state index contributed by atoms with van der Waals surface area (Å²) in [5, 5.41) is 9.51. The van der Waals surface area contributed by atoms with Crippen molar-refractivity contribution in [1.29, 1.82) is 0 Å². The number of carbonyl (C=O) groups is 1. The van der Waals surface area contributed by atoms with Gasteiger partial charge in [0.15, 0.2) is 0 Å². The zero-order chi connectivity index (χ0) is 18.6. The quantitative estimate of drug-likeness (QED) is 0.642. The lowest BCUT2D eigenvalue weighted by Crippen LogP contribution is -2.36. The Kier molecular flexibility index (Phi) is 5.08. The Hall–Kier alpha value is -3.07. The van der Waals surface area contributed by atoms with Crippen molar-refractivity contribution in [1.82, 2.24) is 0 Å². The van der Waals surface area contributed by atoms with Crippen molar-refractivity contribution in [2.24, 2.45) is 0 Å². The highest BCUT2D eigenvalue weighted by Crippen LogP contribution is 2.41. The van der Waals surface area contributed by atoms with Crippen LogP contribution in [0.3, 0.4) is 0 Å². The van der Waals surface area contributed by atoms with Crippen LogP contribution in [0.4, 0.5) is 0 Å². The molecule has 3 nitrogen and oxygen atoms in total. The van der Waals surface area contributed by atoms with Crippen LogP contribution in [0.1, 0.15) is 41.3 Å². The summed E-state index contributed by atoms with van der Waals surface area (Å²) in [5.74, 6) is -0.620. The third kappa shape index (κ3) is 3.47. The average Bonchev–Trinajstić information content (AvgIpc) is 2.69. The molecule has 3 rings (SSSR count). The fraction of sp³-hybridized carbons (Fsp3) is 0.174. The lowest BCUT2D eigenvalue weighted by atomic mass is 9.79. The Balaban J connectivity index is 2.09. The van der Waals surface area contributed by atoms with Crippen LogP contribution in [0.5, 0.6) is 5.75 Å². The molecule has 3 aromatic rings. The molecule has 0 saturated heterocycles. The van der Waals surface area contributed by atoms with E-state index >= 15 is 0 Å². The van der Waals surface area contributed by atoms with E-state index in [1.807, 2.05) is 55.5 Å². The molecule has 0 aromatic heterocycles. The van der Waals surface area contributed by atoms with E-state index in [-0.39, 0.29) is 11.5 Å². The van der Waals surface area contributed by atoms with E-state index in [1.165, 1.54) is 0 Å². The van der Waals surface area contributed by atoms with Crippen LogP contribution in [0.15, 0.2) is 84.9 Å². The lowest BCUT2D eigenvalue weighted by Gasteiger charge is -2.37. The molecule has 0 radical (unpaired) electrons. The Morgan fingerprint density at radius 1 is 0.885 bits per heavy atom. The Labute approximate surface area is 153 Å². The summed E-state index contributed by atoms with van der Waals surface area (Å²) in [5.41, 5.74) is 1.56. The number of para-hydroxylation sites is 1. The minimum atomic E-state index is -0.997. The molecule has 0 amide bonds. The first-order valence-electron chi connectivity index (χ1n) is 8.64. The first kappa shape index (κ1) is 17.7. The average molecular weight is 346 g/mol. The number of carboxylic acids is 1. The molecule has 2 atom stereocenters. The van der Waals surface area contributed by atoms with Gasteiger partial charge in [0, 0.05) is 5.92 Å². The van der Waals surface area contributed by atoms with E-state index in [0.29, 0.717) is 5.75 Å². The smallest absolute Gasteiger partial charge is 0.339 e. The van der Waals surface area contributed by atoms with Gasteiger partial charge in [0.25, 0.3) is 0 Å². The first-order valence-corrected chi connectivity index (χ1v) is 8.64. The van der Waals surface area contributed by atoms with Crippen LogP contribution in [0, 0.1) is 0 Å². The van der Waals surface area contributed by atoms with Crippen LogP contribution in [0.2, 0.25) is 0 Å². The molecule has 3 heteroatoms. The highest BCUT2D eigenvalue weighted by atomic mass is 16.5. The molecule has 3 aromatic carbocycles. The van der Waals surface area contributed by atoms with Crippen molar-refractivity contribution < 1.29 is 14.6 Å². The van der Waals surface area contributed by atoms with E-state index in [2.05, 4.69) is 19.1 Å². The van der Waals surface area contributed by atoms with Crippen molar-refractivity contribution in [2.75, 3.05) is 0 Å². The number of benzene rings is 3. The van der Waals surface area contributed by atoms with Gasteiger partial charge < -0.3 is 9.84 Å². The van der Waals surface area contributed by atoms with Gasteiger partial charge in [-0.1, -0.05) is 79.7 Å². The summed E-state index contributed by atoms with van der Waals surface area (Å²) in [4.78, 5) is 11.6. The molecule has 0 aliphatic heterocycles. The highest BCUT2D eigenvalue weighted by Gasteiger charge is 2.37. The second kappa shape index (κ2) is 7.44. The van der Waals surface area contributed by atoms with Gasteiger partial charge in [-0.05, 0) is 30.2 Å². The van der Waals surface area contributed by atoms with Crippen LogP contribution in [0.25, 0.3) is 0 Å². The van der Waals surface area contributed by atoms with Crippen molar-refractivity contribution in [2.45, 2.75) is 25.4 Å². The second-order valence-electron chi connectivity index (χ2n) is 6.51. The minimum Gasteiger partial charge on any atom is -0.481 e. The zero-order valence-corrected chi connectivity index (χ0v) is 14.9. The molecule has 26 heavy (non-hydrogen) atoms. The van der Waals surface area contributed by atoms with Gasteiger partial charge in [0.05, 0.1) is 0 Å². The third-order valence-electron chi connectivity index (χ3n) is 4.91. The maximum atomic E-state index is 11.6. The Bertz CT molecular complexity index is 874. The van der Waals surface area contributed by atoms with Crippen molar-refractivity contribution in [3.8, 4) is 5.75 Å². The largest absolute Gasteiger partial charge is 0.481 e. The predicted molar refractivity (Wildman–Crippen MR) is 103 cm³/mol. The Morgan fingerprint density at radius 2 is 1.42 bits per heavy atom. The molecule has 0 heterocycles. The summed E-state index contributed by atoms with van der Waals surface area (Å²) in [6, 6.07) is 26.8. The van der Waals surface area contributed by atoms with E-state index in [9.17, 15) is 9.90 Å². The summed E-state index contributed by atoms with van der Waals surface area (Å²) < 4.78 is 6.42. The van der Waals surface area contributed by atoms with Gasteiger partial charge in [-0.25, -0.2) is 4.79 Å². The van der Waals surface area contributed by atoms with Gasteiger partial charge in [-0.3, -0.25) is 0 Å². The summed E-state index contributed by atoms with van der Waals surface area (Å²) in [6.45, 7) is 4.12. The maximum absolute atomic E-state index is 11.6. The molecule has 0 spiro atoms. The molecule has 0 aliphatic rings. The molecular weight excluding hydrogens is 324 g/mol. The standard InChI is InChI=1S/C23H22O3/c1-17(18-11-5-3-6-12-18)23(2,19-13-7-4-8-14-19)26-21-16-10-9-15-20(21)22(24)25/h3-17H,1-2H3,(H,24,25). The predicted octanol–water partition coefficient (Wildman–Crippen LogP) is 5.48. The molecule has 1 N–H and O–H groups in total. The number of ether oxygens (including phenoxy) is 1. The summed E-state index contributed by atoms with van der Waals surface area (Å²) in [6.07, 6.45) is 0. The van der Waals surface area contributed by atoms with E-state index in [1.54, 1.807) is 24.3 Å². The van der Waals surface area contributed by atoms with Crippen LogP contribution >= 0.6 is 0 Å². The molecule has 0 aliphatic carbocycles. The van der Waals surface area contributed by atoms with Gasteiger partial charge in [-0.2, -0.15) is 0 Å². The topological polar surface area (TPSA) is 46.5 Å². The van der Waals surface area contributed by atoms with E-state index < -0.39 is 11.6 Å². The van der Waals surface area contributed by atoms with Crippen LogP contribution in [-0.4, -0.2) is 11.1 Å². The fourth-order valence-corrected chi connectivity index (χ4v) is 3.19. The SMILES string of the molecule is CC(c1ccccc1)C(C)(Oc1ccccc1C(=O)O)c1ccccc1. The van der Waals surface area contributed by atoms with Crippen molar-refractivity contribution in [3.05, 3.63) is 102 Å². The van der Waals surface area contributed by atoms with Crippen molar-refractivity contribution >= 4 is 5.97 Å². The molecule has 0 saturated carbocycles. The second-order valence-corrected chi connectivity index (χ2v) is 6.51. The van der Waals surface area contributed by atoms with Crippen LogP contribution in [-0.2, 0) is 5.60 Å². The molecule has 2 unspecified atom stereocenters. The minimum absolute atomic E-state index is 0.00736. The molecular formula is C23H22O3. The fourth-order valence-electron chi connectivity index (χ4n) is 3.19. The van der Waals surface area contributed by atoms with E-state index in [0.717, 1.165) is 11.1 Å². The first-order chi connectivity index (χ1) is 12.5. The van der Waals surface area contributed by atoms with Gasteiger partial charge in [0.1, 0.15) is 16.9 Å². The summed E-state index contributed by atoms with van der Waals surface area (Å²) >= 11 is 0. The molecule has 132 valence electrons. The third-order valence-corrected chi connectivity index (χ3v) is 4.91. The molecule has 0 fully saturated rings. The van der Waals surface area contributed by atoms with Gasteiger partial charge in [-0.15, -0.1) is 0 Å². The molecule has 0 bridgehead atoms. The normalized spacial score (nSPS) is 14.2. The highest BCUT2D eigenvalue weighted by molar-refractivity contribution is 5.90. The van der Waals surface area contributed by atoms with E-state index in [4.69, 9.17) is 4.74 Å². The van der Waals surface area contributed by atoms with Crippen molar-refractivity contribution in [3.63, 3.8) is 0 Å². The van der Waals surface area contributed by atoms with Gasteiger partial charge in [0.2, 0.25) is 0 Å². The van der Waals surface area contributed by atoms with Gasteiger partial charge >= 0.3 is 5.97 Å².